The zero-order chi connectivity index (χ0) is 21.0. The predicted octanol–water partition coefficient (Wildman–Crippen LogP) is 4.05. The minimum Gasteiger partial charge on any atom is -0.497 e. The molecule has 150 valence electrons. The zero-order valence-electron chi connectivity index (χ0n) is 16.4. The highest BCUT2D eigenvalue weighted by atomic mass is 19.1. The molecule has 0 saturated carbocycles. The Morgan fingerprint density at radius 1 is 1.13 bits per heavy atom. The Balaban J connectivity index is 1.75. The van der Waals surface area contributed by atoms with Crippen molar-refractivity contribution >= 4 is 22.5 Å². The number of aromatic nitrogens is 1. The number of amides is 1. The molecule has 1 aromatic heterocycles. The lowest BCUT2D eigenvalue weighted by Gasteiger charge is -2.19. The lowest BCUT2D eigenvalue weighted by molar-refractivity contribution is 0.0831. The molecule has 2 heterocycles. The van der Waals surface area contributed by atoms with Gasteiger partial charge in [0.2, 0.25) is 0 Å². The second-order valence-corrected chi connectivity index (χ2v) is 7.07. The molecule has 6 nitrogen and oxygen atoms in total. The van der Waals surface area contributed by atoms with Crippen molar-refractivity contribution in [1.82, 2.24) is 9.88 Å². The van der Waals surface area contributed by atoms with E-state index < -0.39 is 5.82 Å². The number of pyridine rings is 1. The van der Waals surface area contributed by atoms with Gasteiger partial charge in [-0.2, -0.15) is 0 Å². The smallest absolute Gasteiger partial charge is 0.262 e. The Kier molecular flexibility index (Phi) is 3.99. The standard InChI is InChI=1S/C23H18FN3O3/c1-29-13-6-7-14(18(10-13)30-2)19-16(24)9-8-15-21(25)20-17(26-22(15)19)11-27(23(20)28)12-4-3-5-12/h3-10H,11H2,1-2H3,(H2,25,26). The van der Waals surface area contributed by atoms with Gasteiger partial charge < -0.3 is 20.1 Å². The van der Waals surface area contributed by atoms with Crippen molar-refractivity contribution in [1.29, 1.82) is 0 Å². The van der Waals surface area contributed by atoms with Crippen LogP contribution in [0.4, 0.5) is 10.1 Å². The van der Waals surface area contributed by atoms with Crippen molar-refractivity contribution in [3.8, 4) is 22.6 Å². The quantitative estimate of drug-likeness (QED) is 0.711. The van der Waals surface area contributed by atoms with Gasteiger partial charge in [0.1, 0.15) is 17.3 Å². The third-order valence-corrected chi connectivity index (χ3v) is 5.51. The number of ether oxygens (including phenoxy) is 2. The molecule has 30 heavy (non-hydrogen) atoms. The molecule has 0 radical (unpaired) electrons. The van der Waals surface area contributed by atoms with Crippen LogP contribution < -0.4 is 15.2 Å². The van der Waals surface area contributed by atoms with E-state index in [0.29, 0.717) is 51.5 Å². The number of carbonyl (C=O) groups is 1. The van der Waals surface area contributed by atoms with Gasteiger partial charge in [-0.15, -0.1) is 0 Å². The summed E-state index contributed by atoms with van der Waals surface area (Å²) in [5, 5.41) is 0.524. The zero-order valence-corrected chi connectivity index (χ0v) is 16.4. The fraction of sp³-hybridized carbons (Fsp3) is 0.130. The molecule has 2 aromatic carbocycles. The molecular formula is C23H18FN3O3. The average Bonchev–Trinajstić information content (AvgIpc) is 3.02. The summed E-state index contributed by atoms with van der Waals surface area (Å²) in [6, 6.07) is 8.03. The summed E-state index contributed by atoms with van der Waals surface area (Å²) in [5.41, 5.74) is 9.61. The summed E-state index contributed by atoms with van der Waals surface area (Å²) in [7, 11) is 3.06. The molecule has 0 bridgehead atoms. The third kappa shape index (κ3) is 2.48. The van der Waals surface area contributed by atoms with Gasteiger partial charge in [0.25, 0.3) is 5.91 Å². The van der Waals surface area contributed by atoms with Crippen LogP contribution in [0.5, 0.6) is 11.5 Å². The molecule has 5 rings (SSSR count). The summed E-state index contributed by atoms with van der Waals surface area (Å²) in [6.07, 6.45) is 5.57. The number of rotatable bonds is 4. The Bertz CT molecular complexity index is 1300. The van der Waals surface area contributed by atoms with Gasteiger partial charge in [-0.3, -0.25) is 4.79 Å². The average molecular weight is 403 g/mol. The highest BCUT2D eigenvalue weighted by Crippen LogP contribution is 2.42. The first-order valence-electron chi connectivity index (χ1n) is 9.36. The lowest BCUT2D eigenvalue weighted by Crippen LogP contribution is -2.24. The van der Waals surface area contributed by atoms with Crippen molar-refractivity contribution < 1.29 is 18.7 Å². The molecule has 1 aliphatic heterocycles. The number of nitrogens with two attached hydrogens (primary N) is 1. The predicted molar refractivity (Wildman–Crippen MR) is 112 cm³/mol. The molecule has 0 atom stereocenters. The normalized spacial score (nSPS) is 14.6. The topological polar surface area (TPSA) is 77.7 Å². The number of fused-ring (bicyclic) bond motifs is 2. The first kappa shape index (κ1) is 18.2. The summed E-state index contributed by atoms with van der Waals surface area (Å²) < 4.78 is 25.8. The van der Waals surface area contributed by atoms with Gasteiger partial charge >= 0.3 is 0 Å². The molecular weight excluding hydrogens is 385 g/mol. The van der Waals surface area contributed by atoms with E-state index in [0.717, 1.165) is 5.70 Å². The van der Waals surface area contributed by atoms with Crippen molar-refractivity contribution in [3.63, 3.8) is 0 Å². The first-order valence-corrected chi connectivity index (χ1v) is 9.36. The molecule has 1 aliphatic carbocycles. The van der Waals surface area contributed by atoms with Crippen molar-refractivity contribution in [2.24, 2.45) is 0 Å². The van der Waals surface area contributed by atoms with Crippen molar-refractivity contribution in [3.05, 3.63) is 71.3 Å². The second-order valence-electron chi connectivity index (χ2n) is 7.07. The van der Waals surface area contributed by atoms with Crippen LogP contribution in [-0.4, -0.2) is 30.0 Å². The number of carbonyl (C=O) groups excluding carboxylic acids is 1. The number of benzene rings is 2. The molecule has 3 aromatic rings. The number of hydrogen-bond acceptors (Lipinski definition) is 5. The van der Waals surface area contributed by atoms with Crippen LogP contribution in [0.15, 0.2) is 54.3 Å². The summed E-state index contributed by atoms with van der Waals surface area (Å²) in [4.78, 5) is 19.2. The van der Waals surface area contributed by atoms with Crippen LogP contribution in [0.3, 0.4) is 0 Å². The summed E-state index contributed by atoms with van der Waals surface area (Å²) in [6.45, 7) is 0.292. The molecule has 0 spiro atoms. The van der Waals surface area contributed by atoms with E-state index >= 15 is 4.39 Å². The SMILES string of the molecule is COc1ccc(-c2c(F)ccc3c(N)c4c(nc23)CN(C2=CC=C2)C4=O)c(OC)c1. The minimum atomic E-state index is -0.455. The number of hydrogen-bond donors (Lipinski definition) is 1. The van der Waals surface area contributed by atoms with Gasteiger partial charge in [0, 0.05) is 28.3 Å². The van der Waals surface area contributed by atoms with Gasteiger partial charge in [-0.05, 0) is 36.4 Å². The molecule has 0 saturated heterocycles. The highest BCUT2D eigenvalue weighted by Gasteiger charge is 2.34. The Morgan fingerprint density at radius 3 is 2.60 bits per heavy atom. The lowest BCUT2D eigenvalue weighted by atomic mass is 9.97. The molecule has 2 aliphatic rings. The van der Waals surface area contributed by atoms with E-state index in [1.807, 2.05) is 18.2 Å². The molecule has 7 heteroatoms. The van der Waals surface area contributed by atoms with E-state index in [-0.39, 0.29) is 11.5 Å². The molecule has 0 fully saturated rings. The largest absolute Gasteiger partial charge is 0.497 e. The fourth-order valence-corrected chi connectivity index (χ4v) is 3.92. The number of allylic oxidation sites excluding steroid dienone is 3. The second kappa shape index (κ2) is 6.59. The number of nitrogen functional groups attached to an aromatic ring is 1. The van der Waals surface area contributed by atoms with Crippen LogP contribution in [0, 0.1) is 5.82 Å². The Morgan fingerprint density at radius 2 is 1.93 bits per heavy atom. The number of nitrogens with zero attached hydrogens (tertiary/aromatic N) is 2. The van der Waals surface area contributed by atoms with Crippen molar-refractivity contribution in [2.75, 3.05) is 20.0 Å². The van der Waals surface area contributed by atoms with Crippen LogP contribution in [-0.2, 0) is 6.54 Å². The summed E-state index contributed by atoms with van der Waals surface area (Å²) >= 11 is 0. The van der Waals surface area contributed by atoms with Crippen LogP contribution in [0.2, 0.25) is 0 Å². The van der Waals surface area contributed by atoms with E-state index in [1.54, 1.807) is 36.3 Å². The van der Waals surface area contributed by atoms with Crippen LogP contribution in [0.1, 0.15) is 16.1 Å². The maximum atomic E-state index is 15.1. The Labute approximate surface area is 172 Å². The van der Waals surface area contributed by atoms with Gasteiger partial charge in [0.05, 0.1) is 43.2 Å². The maximum absolute atomic E-state index is 15.1. The fourth-order valence-electron chi connectivity index (χ4n) is 3.92. The molecule has 2 N–H and O–H groups in total. The Hall–Kier alpha value is -3.87. The highest BCUT2D eigenvalue weighted by molar-refractivity contribution is 6.12. The molecule has 0 unspecified atom stereocenters. The summed E-state index contributed by atoms with van der Waals surface area (Å²) in [5.74, 6) is 0.390. The number of halogens is 1. The van der Waals surface area contributed by atoms with Crippen LogP contribution >= 0.6 is 0 Å². The molecule has 1 amide bonds. The van der Waals surface area contributed by atoms with Crippen molar-refractivity contribution in [2.45, 2.75) is 6.54 Å². The van der Waals surface area contributed by atoms with Gasteiger partial charge in [0.15, 0.2) is 0 Å². The van der Waals surface area contributed by atoms with Crippen LogP contribution in [0.25, 0.3) is 22.0 Å². The van der Waals surface area contributed by atoms with E-state index in [1.165, 1.54) is 13.2 Å². The number of methoxy groups -OCH3 is 2. The maximum Gasteiger partial charge on any atom is 0.262 e. The van der Waals surface area contributed by atoms with Gasteiger partial charge in [-0.1, -0.05) is 6.08 Å². The number of anilines is 1. The van der Waals surface area contributed by atoms with E-state index in [4.69, 9.17) is 20.2 Å². The van der Waals surface area contributed by atoms with Gasteiger partial charge in [-0.25, -0.2) is 9.37 Å². The van der Waals surface area contributed by atoms with E-state index in [9.17, 15) is 4.79 Å². The third-order valence-electron chi connectivity index (χ3n) is 5.51. The van der Waals surface area contributed by atoms with E-state index in [2.05, 4.69) is 0 Å². The first-order chi connectivity index (χ1) is 14.5. The minimum absolute atomic E-state index is 0.194. The monoisotopic (exact) mass is 403 g/mol.